The molecule has 7 nitrogen and oxygen atoms in total. The minimum Gasteiger partial charge on any atom is -0.396 e. The average molecular weight is 471 g/mol. The van der Waals surface area contributed by atoms with Crippen molar-refractivity contribution in [2.24, 2.45) is 11.8 Å². The number of nitrogens with zero attached hydrogens (tertiary/aromatic N) is 3. The van der Waals surface area contributed by atoms with Gasteiger partial charge in [-0.1, -0.05) is 24.6 Å². The van der Waals surface area contributed by atoms with E-state index >= 15 is 0 Å². The Morgan fingerprint density at radius 3 is 2.44 bits per heavy atom. The molecule has 2 aromatic rings. The van der Waals surface area contributed by atoms with E-state index in [9.17, 15) is 15.0 Å². The molecule has 3 unspecified atom stereocenters. The summed E-state index contributed by atoms with van der Waals surface area (Å²) in [6.45, 7) is 8.00. The number of carbonyl (C=O) groups excluding carboxylic acids is 1. The third-order valence-electron chi connectivity index (χ3n) is 7.21. The molecule has 1 heterocycles. The van der Waals surface area contributed by atoms with Gasteiger partial charge in [-0.15, -0.1) is 10.2 Å². The summed E-state index contributed by atoms with van der Waals surface area (Å²) in [5.41, 5.74) is 3.84. The highest BCUT2D eigenvalue weighted by Gasteiger charge is 2.40. The van der Waals surface area contributed by atoms with Crippen LogP contribution in [0.4, 0.5) is 5.69 Å². The van der Waals surface area contributed by atoms with Gasteiger partial charge in [0.05, 0.1) is 6.10 Å². The lowest BCUT2D eigenvalue weighted by molar-refractivity contribution is -0.111. The van der Waals surface area contributed by atoms with E-state index in [0.29, 0.717) is 24.3 Å². The Labute approximate surface area is 204 Å². The molecule has 7 heteroatoms. The number of aromatic nitrogens is 3. The predicted octanol–water partition coefficient (Wildman–Crippen LogP) is 4.52. The molecule has 0 bridgehead atoms. The molecule has 0 saturated heterocycles. The molecule has 2 saturated carbocycles. The van der Waals surface area contributed by atoms with Crippen molar-refractivity contribution in [1.29, 1.82) is 0 Å². The van der Waals surface area contributed by atoms with Gasteiger partial charge in [0.1, 0.15) is 17.9 Å². The van der Waals surface area contributed by atoms with Gasteiger partial charge in [-0.05, 0) is 76.8 Å². The van der Waals surface area contributed by atoms with E-state index in [4.69, 9.17) is 0 Å². The van der Waals surface area contributed by atoms with Gasteiger partial charge < -0.3 is 24.9 Å². The molecule has 2 aliphatic carbocycles. The predicted molar refractivity (Wildman–Crippen MR) is 135 cm³/mol. The van der Waals surface area contributed by atoms with Gasteiger partial charge in [0.15, 0.2) is 0 Å². The fourth-order valence-corrected chi connectivity index (χ4v) is 5.13. The summed E-state index contributed by atoms with van der Waals surface area (Å²) in [5.74, 6) is 2.68. The van der Waals surface area contributed by atoms with Crippen LogP contribution in [-0.4, -0.2) is 51.0 Å². The molecule has 2 fully saturated rings. The molecular weight excluding hydrogens is 428 g/mol. The first kappa shape index (κ1) is 26.4. The molecule has 0 aliphatic heterocycles. The summed E-state index contributed by atoms with van der Waals surface area (Å²) >= 11 is 0. The van der Waals surface area contributed by atoms with E-state index in [-0.39, 0.29) is 24.5 Å². The van der Waals surface area contributed by atoms with Crippen LogP contribution >= 0.6 is 0 Å². The molecule has 3 N–H and O–H groups in total. The Bertz CT molecular complexity index is 932. The summed E-state index contributed by atoms with van der Waals surface area (Å²) < 4.78 is 2.27. The number of aliphatic hydroxyl groups is 2. The van der Waals surface area contributed by atoms with Crippen molar-refractivity contribution in [1.82, 2.24) is 14.8 Å². The number of hydrogen-bond donors (Lipinski definition) is 3. The third-order valence-corrected chi connectivity index (χ3v) is 7.21. The molecule has 3 atom stereocenters. The van der Waals surface area contributed by atoms with Gasteiger partial charge in [0.2, 0.25) is 0 Å². The summed E-state index contributed by atoms with van der Waals surface area (Å²) in [6.07, 6.45) is 6.51. The standard InChI is InChI=1S/C18H29N3O3.C9H13N/c1-11(10-23)16(5-6-22)18-20-19-17(21(18)15-3-4-15)14-8-13(9-14)7-12(2)24;1-7-4-5-9(10-3)8(2)6-7/h10-16,22,24H,3-9H2,1-2H3;4-6,10H,1-3H3. The second-order valence-electron chi connectivity index (χ2n) is 10.3. The fourth-order valence-electron chi connectivity index (χ4n) is 5.13. The Kier molecular flexibility index (Phi) is 9.25. The van der Waals surface area contributed by atoms with Crippen LogP contribution in [0, 0.1) is 25.7 Å². The maximum absolute atomic E-state index is 11.3. The molecule has 0 radical (unpaired) electrons. The average Bonchev–Trinajstić information content (AvgIpc) is 3.53. The molecule has 2 aliphatic rings. The second kappa shape index (κ2) is 11.9. The van der Waals surface area contributed by atoms with Crippen LogP contribution in [0.5, 0.6) is 0 Å². The van der Waals surface area contributed by atoms with Crippen LogP contribution in [0.1, 0.15) is 93.0 Å². The van der Waals surface area contributed by atoms with Crippen LogP contribution in [0.15, 0.2) is 18.2 Å². The zero-order chi connectivity index (χ0) is 24.8. The van der Waals surface area contributed by atoms with Crippen molar-refractivity contribution in [2.75, 3.05) is 19.0 Å². The number of rotatable bonds is 10. The molecule has 1 aromatic heterocycles. The zero-order valence-electron chi connectivity index (χ0n) is 21.4. The lowest BCUT2D eigenvalue weighted by atomic mass is 9.72. The zero-order valence-corrected chi connectivity index (χ0v) is 21.4. The first-order chi connectivity index (χ1) is 16.3. The van der Waals surface area contributed by atoms with Gasteiger partial charge in [0, 0.05) is 43.1 Å². The van der Waals surface area contributed by atoms with E-state index in [2.05, 4.69) is 52.1 Å². The van der Waals surface area contributed by atoms with Crippen molar-refractivity contribution in [3.05, 3.63) is 41.0 Å². The number of carbonyl (C=O) groups is 1. The first-order valence-electron chi connectivity index (χ1n) is 12.7. The molecule has 0 amide bonds. The van der Waals surface area contributed by atoms with Crippen molar-refractivity contribution >= 4 is 12.0 Å². The molecule has 34 heavy (non-hydrogen) atoms. The lowest BCUT2D eigenvalue weighted by Gasteiger charge is -2.36. The number of aldehydes is 1. The number of benzene rings is 1. The smallest absolute Gasteiger partial charge is 0.137 e. The third kappa shape index (κ3) is 6.45. The lowest BCUT2D eigenvalue weighted by Crippen LogP contribution is -2.28. The molecule has 1 aromatic carbocycles. The van der Waals surface area contributed by atoms with Crippen LogP contribution in [0.25, 0.3) is 0 Å². The van der Waals surface area contributed by atoms with Crippen molar-refractivity contribution < 1.29 is 15.0 Å². The van der Waals surface area contributed by atoms with Gasteiger partial charge in [-0.3, -0.25) is 0 Å². The van der Waals surface area contributed by atoms with Gasteiger partial charge >= 0.3 is 0 Å². The van der Waals surface area contributed by atoms with Gasteiger partial charge in [-0.25, -0.2) is 0 Å². The topological polar surface area (TPSA) is 100 Å². The summed E-state index contributed by atoms with van der Waals surface area (Å²) in [4.78, 5) is 11.3. The Morgan fingerprint density at radius 2 is 1.91 bits per heavy atom. The summed E-state index contributed by atoms with van der Waals surface area (Å²) in [5, 5.41) is 31.0. The summed E-state index contributed by atoms with van der Waals surface area (Å²) in [7, 11) is 1.94. The Hall–Kier alpha value is -2.25. The normalized spacial score (nSPS) is 22.1. The van der Waals surface area contributed by atoms with E-state index in [0.717, 1.165) is 50.0 Å². The quantitative estimate of drug-likeness (QED) is 0.441. The monoisotopic (exact) mass is 470 g/mol. The summed E-state index contributed by atoms with van der Waals surface area (Å²) in [6, 6.07) is 6.84. The second-order valence-corrected chi connectivity index (χ2v) is 10.3. The molecule has 0 spiro atoms. The number of anilines is 1. The van der Waals surface area contributed by atoms with E-state index in [1.165, 1.54) is 16.8 Å². The van der Waals surface area contributed by atoms with Crippen molar-refractivity contribution in [3.8, 4) is 0 Å². The first-order valence-corrected chi connectivity index (χ1v) is 12.7. The Balaban J connectivity index is 0.000000271. The maximum Gasteiger partial charge on any atom is 0.137 e. The minimum absolute atomic E-state index is 0.0512. The van der Waals surface area contributed by atoms with Gasteiger partial charge in [-0.2, -0.15) is 0 Å². The number of nitrogens with one attached hydrogen (secondary N) is 1. The SMILES string of the molecule is CC(O)CC1CC(c2nnc(C(CCO)C(C)C=O)n2C2CC2)C1.CNc1ccc(C)cc1C. The van der Waals surface area contributed by atoms with E-state index in [1.54, 1.807) is 0 Å². The Morgan fingerprint density at radius 1 is 1.21 bits per heavy atom. The molecule has 188 valence electrons. The largest absolute Gasteiger partial charge is 0.396 e. The maximum atomic E-state index is 11.3. The molecule has 4 rings (SSSR count). The highest BCUT2D eigenvalue weighted by molar-refractivity contribution is 5.54. The number of hydrogen-bond acceptors (Lipinski definition) is 6. The highest BCUT2D eigenvalue weighted by atomic mass is 16.3. The molecular formula is C27H42N4O3. The van der Waals surface area contributed by atoms with Crippen LogP contribution < -0.4 is 5.32 Å². The van der Waals surface area contributed by atoms with Gasteiger partial charge in [0.25, 0.3) is 0 Å². The van der Waals surface area contributed by atoms with Crippen molar-refractivity contribution in [2.45, 2.75) is 90.2 Å². The highest BCUT2D eigenvalue weighted by Crippen LogP contribution is 2.47. The van der Waals surface area contributed by atoms with Crippen LogP contribution in [-0.2, 0) is 4.79 Å². The minimum atomic E-state index is -0.241. The number of aliphatic hydroxyl groups excluding tert-OH is 2. The fraction of sp³-hybridized carbons (Fsp3) is 0.667. The van der Waals surface area contributed by atoms with E-state index < -0.39 is 0 Å². The number of aryl methyl sites for hydroxylation is 2. The van der Waals surface area contributed by atoms with Crippen LogP contribution in [0.2, 0.25) is 0 Å². The van der Waals surface area contributed by atoms with Crippen molar-refractivity contribution in [3.63, 3.8) is 0 Å². The van der Waals surface area contributed by atoms with Crippen LogP contribution in [0.3, 0.4) is 0 Å². The van der Waals surface area contributed by atoms with E-state index in [1.807, 2.05) is 20.9 Å².